The Labute approximate surface area is 124 Å². The van der Waals surface area contributed by atoms with E-state index in [1.807, 2.05) is 0 Å². The average molecular weight is 296 g/mol. The maximum atomic E-state index is 12.1. The second kappa shape index (κ2) is 7.43. The van der Waals surface area contributed by atoms with E-state index in [0.717, 1.165) is 25.2 Å². The largest absolute Gasteiger partial charge is 0.480 e. The number of carbonyl (C=O) groups is 3. The molecule has 6 nitrogen and oxygen atoms in total. The van der Waals surface area contributed by atoms with Crippen molar-refractivity contribution in [1.29, 1.82) is 0 Å². The van der Waals surface area contributed by atoms with Gasteiger partial charge in [0.25, 0.3) is 0 Å². The molecule has 0 aliphatic heterocycles. The van der Waals surface area contributed by atoms with Crippen LogP contribution in [0.15, 0.2) is 0 Å². The van der Waals surface area contributed by atoms with Gasteiger partial charge in [-0.3, -0.25) is 14.4 Å². The van der Waals surface area contributed by atoms with Gasteiger partial charge in [-0.25, -0.2) is 0 Å². The van der Waals surface area contributed by atoms with E-state index < -0.39 is 18.4 Å². The molecule has 2 rings (SSSR count). The first kappa shape index (κ1) is 15.8. The van der Waals surface area contributed by atoms with Gasteiger partial charge in [0.15, 0.2) is 0 Å². The zero-order chi connectivity index (χ0) is 15.2. The molecule has 2 aliphatic carbocycles. The van der Waals surface area contributed by atoms with Crippen molar-refractivity contribution in [3.05, 3.63) is 0 Å². The number of hydrogen-bond donors (Lipinski definition) is 3. The second-order valence-corrected chi connectivity index (χ2v) is 6.20. The minimum absolute atomic E-state index is 0.0108. The summed E-state index contributed by atoms with van der Waals surface area (Å²) in [7, 11) is 0. The zero-order valence-electron chi connectivity index (χ0n) is 12.3. The quantitative estimate of drug-likeness (QED) is 0.702. The van der Waals surface area contributed by atoms with Gasteiger partial charge in [0.2, 0.25) is 11.8 Å². The maximum absolute atomic E-state index is 12.1. The number of aliphatic carboxylic acids is 1. The molecule has 3 atom stereocenters. The molecular formula is C15H24N2O4. The number of rotatable bonds is 5. The minimum Gasteiger partial charge on any atom is -0.480 e. The Balaban J connectivity index is 1.71. The molecule has 3 N–H and O–H groups in total. The van der Waals surface area contributed by atoms with E-state index in [4.69, 9.17) is 5.11 Å². The molecule has 6 heteroatoms. The standard InChI is InChI=1S/C15H24N2O4/c18-13(16-9-14(19)20)8-17-15(21)12-6-5-10-3-1-2-4-11(10)7-12/h10-12H,1-9H2,(H,16,18)(H,17,21)(H,19,20). The first-order valence-corrected chi connectivity index (χ1v) is 7.82. The monoisotopic (exact) mass is 296 g/mol. The van der Waals surface area contributed by atoms with Crippen molar-refractivity contribution in [2.45, 2.75) is 44.9 Å². The number of hydrogen-bond acceptors (Lipinski definition) is 3. The van der Waals surface area contributed by atoms with Crippen LogP contribution < -0.4 is 10.6 Å². The number of fused-ring (bicyclic) bond motifs is 1. The van der Waals surface area contributed by atoms with E-state index in [-0.39, 0.29) is 18.4 Å². The van der Waals surface area contributed by atoms with Gasteiger partial charge in [0.05, 0.1) is 6.54 Å². The van der Waals surface area contributed by atoms with E-state index in [1.165, 1.54) is 25.7 Å². The highest BCUT2D eigenvalue weighted by Crippen LogP contribution is 2.42. The molecule has 0 aromatic rings. The van der Waals surface area contributed by atoms with Gasteiger partial charge >= 0.3 is 5.97 Å². The van der Waals surface area contributed by atoms with Gasteiger partial charge < -0.3 is 15.7 Å². The van der Waals surface area contributed by atoms with Gasteiger partial charge in [-0.2, -0.15) is 0 Å². The fourth-order valence-electron chi connectivity index (χ4n) is 3.66. The van der Waals surface area contributed by atoms with Gasteiger partial charge in [-0.1, -0.05) is 25.7 Å². The molecule has 3 unspecified atom stereocenters. The Kier molecular flexibility index (Phi) is 5.59. The zero-order valence-corrected chi connectivity index (χ0v) is 12.3. The smallest absolute Gasteiger partial charge is 0.322 e. The first-order valence-electron chi connectivity index (χ1n) is 7.82. The van der Waals surface area contributed by atoms with Crippen molar-refractivity contribution in [2.75, 3.05) is 13.1 Å². The number of carboxylic acid groups (broad SMARTS) is 1. The Morgan fingerprint density at radius 3 is 2.33 bits per heavy atom. The van der Waals surface area contributed by atoms with E-state index in [1.54, 1.807) is 0 Å². The lowest BCUT2D eigenvalue weighted by atomic mass is 9.67. The molecule has 0 heterocycles. The van der Waals surface area contributed by atoms with Gasteiger partial charge in [-0.15, -0.1) is 0 Å². The lowest BCUT2D eigenvalue weighted by Gasteiger charge is -2.38. The highest BCUT2D eigenvalue weighted by Gasteiger charge is 2.34. The van der Waals surface area contributed by atoms with E-state index >= 15 is 0 Å². The third-order valence-electron chi connectivity index (χ3n) is 4.77. The highest BCUT2D eigenvalue weighted by atomic mass is 16.4. The summed E-state index contributed by atoms with van der Waals surface area (Å²) < 4.78 is 0. The van der Waals surface area contributed by atoms with Gasteiger partial charge in [0, 0.05) is 5.92 Å². The third-order valence-corrected chi connectivity index (χ3v) is 4.77. The average Bonchev–Trinajstić information content (AvgIpc) is 2.50. The van der Waals surface area contributed by atoms with Crippen molar-refractivity contribution < 1.29 is 19.5 Å². The second-order valence-electron chi connectivity index (χ2n) is 6.20. The highest BCUT2D eigenvalue weighted by molar-refractivity contribution is 5.87. The molecule has 0 spiro atoms. The Morgan fingerprint density at radius 1 is 0.905 bits per heavy atom. The summed E-state index contributed by atoms with van der Waals surface area (Å²) in [6.07, 6.45) is 8.09. The molecular weight excluding hydrogens is 272 g/mol. The normalized spacial score (nSPS) is 28.3. The van der Waals surface area contributed by atoms with Crippen LogP contribution in [0.4, 0.5) is 0 Å². The van der Waals surface area contributed by atoms with Crippen LogP contribution in [-0.2, 0) is 14.4 Å². The molecule has 0 aromatic heterocycles. The minimum atomic E-state index is -1.09. The molecule has 0 aromatic carbocycles. The summed E-state index contributed by atoms with van der Waals surface area (Å²) in [6.45, 7) is -0.557. The van der Waals surface area contributed by atoms with Crippen LogP contribution in [0.3, 0.4) is 0 Å². The molecule has 0 radical (unpaired) electrons. The van der Waals surface area contributed by atoms with E-state index in [0.29, 0.717) is 5.92 Å². The molecule has 0 saturated heterocycles. The van der Waals surface area contributed by atoms with Crippen LogP contribution in [0, 0.1) is 17.8 Å². The summed E-state index contributed by atoms with van der Waals surface area (Å²) in [5, 5.41) is 13.3. The lowest BCUT2D eigenvalue weighted by molar-refractivity contribution is -0.137. The molecule has 2 saturated carbocycles. The van der Waals surface area contributed by atoms with Crippen molar-refractivity contribution in [2.24, 2.45) is 17.8 Å². The van der Waals surface area contributed by atoms with E-state index in [9.17, 15) is 14.4 Å². The molecule has 118 valence electrons. The molecule has 2 amide bonds. The molecule has 21 heavy (non-hydrogen) atoms. The predicted molar refractivity (Wildman–Crippen MR) is 76.4 cm³/mol. The van der Waals surface area contributed by atoms with Crippen molar-refractivity contribution >= 4 is 17.8 Å². The predicted octanol–water partition coefficient (Wildman–Crippen LogP) is 0.910. The van der Waals surface area contributed by atoms with Crippen LogP contribution in [0.1, 0.15) is 44.9 Å². The van der Waals surface area contributed by atoms with Gasteiger partial charge in [-0.05, 0) is 31.1 Å². The Bertz CT molecular complexity index is 410. The Morgan fingerprint density at radius 2 is 1.62 bits per heavy atom. The topological polar surface area (TPSA) is 95.5 Å². The third kappa shape index (κ3) is 4.72. The van der Waals surface area contributed by atoms with Crippen LogP contribution in [0.25, 0.3) is 0 Å². The lowest BCUT2D eigenvalue weighted by Crippen LogP contribution is -2.42. The molecule has 0 bridgehead atoms. The van der Waals surface area contributed by atoms with Crippen molar-refractivity contribution in [3.63, 3.8) is 0 Å². The number of amides is 2. The summed E-state index contributed by atoms with van der Waals surface area (Å²) in [5.74, 6) is -0.144. The molecule has 2 aliphatic rings. The summed E-state index contributed by atoms with van der Waals surface area (Å²) >= 11 is 0. The summed E-state index contributed by atoms with van der Waals surface area (Å²) in [6, 6.07) is 0. The Hall–Kier alpha value is -1.59. The van der Waals surface area contributed by atoms with Crippen molar-refractivity contribution in [1.82, 2.24) is 10.6 Å². The van der Waals surface area contributed by atoms with E-state index in [2.05, 4.69) is 10.6 Å². The maximum Gasteiger partial charge on any atom is 0.322 e. The summed E-state index contributed by atoms with van der Waals surface area (Å²) in [4.78, 5) is 33.8. The van der Waals surface area contributed by atoms with Crippen LogP contribution >= 0.6 is 0 Å². The number of carboxylic acids is 1. The van der Waals surface area contributed by atoms with Crippen molar-refractivity contribution in [3.8, 4) is 0 Å². The first-order chi connectivity index (χ1) is 10.1. The molecule has 2 fully saturated rings. The van der Waals surface area contributed by atoms with Crippen LogP contribution in [0.5, 0.6) is 0 Å². The summed E-state index contributed by atoms with van der Waals surface area (Å²) in [5.41, 5.74) is 0. The fourth-order valence-corrected chi connectivity index (χ4v) is 3.66. The van der Waals surface area contributed by atoms with Crippen LogP contribution in [-0.4, -0.2) is 36.0 Å². The SMILES string of the molecule is O=C(O)CNC(=O)CNC(=O)C1CCC2CCCCC2C1. The number of nitrogens with one attached hydrogen (secondary N) is 2. The fraction of sp³-hybridized carbons (Fsp3) is 0.800. The number of carbonyl (C=O) groups excluding carboxylic acids is 2. The van der Waals surface area contributed by atoms with Crippen LogP contribution in [0.2, 0.25) is 0 Å². The van der Waals surface area contributed by atoms with Gasteiger partial charge in [0.1, 0.15) is 6.54 Å².